The summed E-state index contributed by atoms with van der Waals surface area (Å²) in [4.78, 5) is 13.6. The summed E-state index contributed by atoms with van der Waals surface area (Å²) in [6.07, 6.45) is 1.17. The van der Waals surface area contributed by atoms with Crippen molar-refractivity contribution >= 4 is 18.3 Å². The molecule has 2 aliphatic rings. The first-order valence-electron chi connectivity index (χ1n) is 8.67. The standard InChI is InChI=1S/C16H28F3N3O.ClH/c1-12(10-13-4-2-3-5-13)15(23)21-11-14(16(17,18)19)22-8-6-20-7-9-22;/h12-14,20H,2-11H2,1H3,(H,21,23);1H. The third-order valence-corrected chi connectivity index (χ3v) is 5.05. The SMILES string of the molecule is CC(CC1CCCC1)C(=O)NCC(N1CCNCC1)C(F)(F)F.Cl. The zero-order valence-corrected chi connectivity index (χ0v) is 15.0. The maximum Gasteiger partial charge on any atom is 0.405 e. The van der Waals surface area contributed by atoms with Gasteiger partial charge in [0.2, 0.25) is 5.91 Å². The first-order valence-corrected chi connectivity index (χ1v) is 8.67. The van der Waals surface area contributed by atoms with Crippen LogP contribution in [0.1, 0.15) is 39.0 Å². The van der Waals surface area contributed by atoms with E-state index in [1.165, 1.54) is 17.7 Å². The monoisotopic (exact) mass is 371 g/mol. The third kappa shape index (κ3) is 6.41. The molecule has 24 heavy (non-hydrogen) atoms. The first kappa shape index (κ1) is 21.5. The Morgan fingerprint density at radius 1 is 1.25 bits per heavy atom. The molecule has 1 aliphatic carbocycles. The van der Waals surface area contributed by atoms with Gasteiger partial charge in [-0.05, 0) is 12.3 Å². The van der Waals surface area contributed by atoms with Crippen molar-refractivity contribution in [2.75, 3.05) is 32.7 Å². The number of halogens is 4. The van der Waals surface area contributed by atoms with Crippen molar-refractivity contribution < 1.29 is 18.0 Å². The molecule has 0 aromatic carbocycles. The summed E-state index contributed by atoms with van der Waals surface area (Å²) in [5, 5.41) is 5.59. The number of carbonyl (C=O) groups excluding carboxylic acids is 1. The van der Waals surface area contributed by atoms with E-state index in [4.69, 9.17) is 0 Å². The molecule has 0 radical (unpaired) electrons. The van der Waals surface area contributed by atoms with E-state index in [1.807, 2.05) is 6.92 Å². The number of piperazine rings is 1. The summed E-state index contributed by atoms with van der Waals surface area (Å²) in [7, 11) is 0. The van der Waals surface area contributed by atoms with Crippen molar-refractivity contribution in [3.8, 4) is 0 Å². The van der Waals surface area contributed by atoms with Gasteiger partial charge in [-0.3, -0.25) is 9.69 Å². The molecule has 2 N–H and O–H groups in total. The van der Waals surface area contributed by atoms with Crippen LogP contribution in [-0.2, 0) is 4.79 Å². The van der Waals surface area contributed by atoms with Crippen LogP contribution in [0.2, 0.25) is 0 Å². The van der Waals surface area contributed by atoms with Gasteiger partial charge in [-0.2, -0.15) is 13.2 Å². The molecule has 0 bridgehead atoms. The van der Waals surface area contributed by atoms with Gasteiger partial charge in [0.05, 0.1) is 0 Å². The van der Waals surface area contributed by atoms with Gasteiger partial charge in [0.15, 0.2) is 0 Å². The van der Waals surface area contributed by atoms with Crippen molar-refractivity contribution in [3.05, 3.63) is 0 Å². The van der Waals surface area contributed by atoms with Crippen LogP contribution < -0.4 is 10.6 Å². The fourth-order valence-corrected chi connectivity index (χ4v) is 3.67. The van der Waals surface area contributed by atoms with Gasteiger partial charge >= 0.3 is 6.18 Å². The highest BCUT2D eigenvalue weighted by Gasteiger charge is 2.44. The van der Waals surface area contributed by atoms with Crippen LogP contribution in [0.4, 0.5) is 13.2 Å². The third-order valence-electron chi connectivity index (χ3n) is 5.05. The van der Waals surface area contributed by atoms with Gasteiger partial charge in [-0.15, -0.1) is 12.4 Å². The largest absolute Gasteiger partial charge is 0.405 e. The average Bonchev–Trinajstić information content (AvgIpc) is 3.00. The Bertz CT molecular complexity index is 383. The fraction of sp³-hybridized carbons (Fsp3) is 0.938. The maximum absolute atomic E-state index is 13.3. The Hall–Kier alpha value is -0.530. The number of nitrogens with one attached hydrogen (secondary N) is 2. The quantitative estimate of drug-likeness (QED) is 0.754. The summed E-state index contributed by atoms with van der Waals surface area (Å²) in [6.45, 7) is 3.30. The zero-order valence-electron chi connectivity index (χ0n) is 14.2. The van der Waals surface area contributed by atoms with E-state index in [1.54, 1.807) is 0 Å². The summed E-state index contributed by atoms with van der Waals surface area (Å²) < 4.78 is 39.8. The second-order valence-corrected chi connectivity index (χ2v) is 6.88. The molecule has 1 heterocycles. The van der Waals surface area contributed by atoms with Crippen LogP contribution in [-0.4, -0.2) is 55.7 Å². The zero-order chi connectivity index (χ0) is 16.9. The highest BCUT2D eigenvalue weighted by atomic mass is 35.5. The topological polar surface area (TPSA) is 44.4 Å². The molecule has 4 nitrogen and oxygen atoms in total. The second kappa shape index (κ2) is 9.82. The molecule has 1 saturated carbocycles. The number of carbonyl (C=O) groups is 1. The first-order chi connectivity index (χ1) is 10.9. The van der Waals surface area contributed by atoms with Crippen molar-refractivity contribution in [1.29, 1.82) is 0 Å². The van der Waals surface area contributed by atoms with E-state index in [0.29, 0.717) is 32.1 Å². The Morgan fingerprint density at radius 3 is 2.38 bits per heavy atom. The van der Waals surface area contributed by atoms with Crippen LogP contribution in [0.5, 0.6) is 0 Å². The van der Waals surface area contributed by atoms with E-state index in [-0.39, 0.29) is 30.8 Å². The van der Waals surface area contributed by atoms with Crippen LogP contribution in [0.3, 0.4) is 0 Å². The van der Waals surface area contributed by atoms with Crippen LogP contribution in [0.15, 0.2) is 0 Å². The molecule has 1 amide bonds. The molecule has 0 aromatic heterocycles. The van der Waals surface area contributed by atoms with Gasteiger partial charge in [-0.25, -0.2) is 0 Å². The smallest absolute Gasteiger partial charge is 0.354 e. The molecule has 0 spiro atoms. The van der Waals surface area contributed by atoms with Crippen LogP contribution in [0.25, 0.3) is 0 Å². The second-order valence-electron chi connectivity index (χ2n) is 6.88. The Kier molecular flexibility index (Phi) is 8.81. The predicted octanol–water partition coefficient (Wildman–Crippen LogP) is 2.58. The van der Waals surface area contributed by atoms with E-state index < -0.39 is 12.2 Å². The molecular formula is C16H29ClF3N3O. The number of hydrogen-bond donors (Lipinski definition) is 2. The van der Waals surface area contributed by atoms with Gasteiger partial charge in [0, 0.05) is 38.6 Å². The molecule has 2 atom stereocenters. The number of rotatable bonds is 6. The molecule has 0 aromatic rings. The highest BCUT2D eigenvalue weighted by molar-refractivity contribution is 5.85. The van der Waals surface area contributed by atoms with Gasteiger partial charge in [0.1, 0.15) is 6.04 Å². The number of hydrogen-bond acceptors (Lipinski definition) is 3. The molecular weight excluding hydrogens is 343 g/mol. The lowest BCUT2D eigenvalue weighted by Gasteiger charge is -2.36. The Morgan fingerprint density at radius 2 is 1.83 bits per heavy atom. The lowest BCUT2D eigenvalue weighted by molar-refractivity contribution is -0.184. The van der Waals surface area contributed by atoms with E-state index in [0.717, 1.165) is 19.3 Å². The van der Waals surface area contributed by atoms with Crippen molar-refractivity contribution in [3.63, 3.8) is 0 Å². The minimum atomic E-state index is -4.32. The number of nitrogens with zero attached hydrogens (tertiary/aromatic N) is 1. The number of alkyl halides is 3. The molecule has 1 aliphatic heterocycles. The summed E-state index contributed by atoms with van der Waals surface area (Å²) in [5.41, 5.74) is 0. The van der Waals surface area contributed by atoms with Crippen molar-refractivity contribution in [2.45, 2.75) is 51.2 Å². The van der Waals surface area contributed by atoms with Crippen LogP contribution in [0, 0.1) is 11.8 Å². The fourth-order valence-electron chi connectivity index (χ4n) is 3.67. The molecule has 1 saturated heterocycles. The van der Waals surface area contributed by atoms with E-state index in [9.17, 15) is 18.0 Å². The predicted molar refractivity (Wildman–Crippen MR) is 90.3 cm³/mol. The lowest BCUT2D eigenvalue weighted by Crippen LogP contribution is -2.57. The van der Waals surface area contributed by atoms with Crippen LogP contribution >= 0.6 is 12.4 Å². The highest BCUT2D eigenvalue weighted by Crippen LogP contribution is 2.30. The number of amides is 1. The van der Waals surface area contributed by atoms with Gasteiger partial charge in [-0.1, -0.05) is 32.6 Å². The normalized spacial score (nSPS) is 22.7. The Labute approximate surface area is 148 Å². The van der Waals surface area contributed by atoms with Crippen molar-refractivity contribution in [2.24, 2.45) is 11.8 Å². The summed E-state index contributed by atoms with van der Waals surface area (Å²) >= 11 is 0. The van der Waals surface area contributed by atoms with Gasteiger partial charge in [0.25, 0.3) is 0 Å². The lowest BCUT2D eigenvalue weighted by atomic mass is 9.94. The average molecular weight is 372 g/mol. The minimum Gasteiger partial charge on any atom is -0.354 e. The summed E-state index contributed by atoms with van der Waals surface area (Å²) in [5.74, 6) is 0.0959. The summed E-state index contributed by atoms with van der Waals surface area (Å²) in [6, 6.07) is -1.59. The minimum absolute atomic E-state index is 0. The Balaban J connectivity index is 0.00000288. The van der Waals surface area contributed by atoms with E-state index in [2.05, 4.69) is 10.6 Å². The van der Waals surface area contributed by atoms with Crippen molar-refractivity contribution in [1.82, 2.24) is 15.5 Å². The molecule has 8 heteroatoms. The van der Waals surface area contributed by atoms with Gasteiger partial charge < -0.3 is 10.6 Å². The van der Waals surface area contributed by atoms with E-state index >= 15 is 0 Å². The molecule has 2 rings (SSSR count). The maximum atomic E-state index is 13.3. The molecule has 2 unspecified atom stereocenters. The molecule has 142 valence electrons. The molecule has 2 fully saturated rings.